The molecule has 0 spiro atoms. The summed E-state index contributed by atoms with van der Waals surface area (Å²) in [6.07, 6.45) is 4.18. The maximum Gasteiger partial charge on any atom is 0.261 e. The lowest BCUT2D eigenvalue weighted by Gasteiger charge is -2.10. The fraction of sp³-hybridized carbons (Fsp3) is 0.286. The SMILES string of the molecule is CC(O)Cn1cnc2c(-c3cnn(C)c3)nc(Cl)cc2c1=O. The van der Waals surface area contributed by atoms with E-state index in [1.54, 1.807) is 31.0 Å². The maximum atomic E-state index is 12.5. The van der Waals surface area contributed by atoms with Crippen molar-refractivity contribution in [1.29, 1.82) is 0 Å². The quantitative estimate of drug-likeness (QED) is 0.734. The molecule has 114 valence electrons. The lowest BCUT2D eigenvalue weighted by atomic mass is 10.1. The monoisotopic (exact) mass is 319 g/mol. The van der Waals surface area contributed by atoms with Gasteiger partial charge in [0.2, 0.25) is 0 Å². The fourth-order valence-corrected chi connectivity index (χ4v) is 2.49. The third-order valence-corrected chi connectivity index (χ3v) is 3.41. The minimum Gasteiger partial charge on any atom is -0.392 e. The minimum atomic E-state index is -0.646. The summed E-state index contributed by atoms with van der Waals surface area (Å²) in [5.74, 6) is 0. The number of rotatable bonds is 3. The second kappa shape index (κ2) is 5.51. The van der Waals surface area contributed by atoms with Crippen LogP contribution in [0.3, 0.4) is 0 Å². The number of hydrogen-bond acceptors (Lipinski definition) is 5. The van der Waals surface area contributed by atoms with E-state index in [1.165, 1.54) is 17.0 Å². The molecule has 0 radical (unpaired) electrons. The van der Waals surface area contributed by atoms with Gasteiger partial charge >= 0.3 is 0 Å². The number of aromatic nitrogens is 5. The van der Waals surface area contributed by atoms with Crippen molar-refractivity contribution in [3.63, 3.8) is 0 Å². The van der Waals surface area contributed by atoms with E-state index in [1.807, 2.05) is 0 Å². The Morgan fingerprint density at radius 3 is 2.86 bits per heavy atom. The van der Waals surface area contributed by atoms with Crippen molar-refractivity contribution in [3.8, 4) is 11.3 Å². The summed E-state index contributed by atoms with van der Waals surface area (Å²) in [5, 5.41) is 14.1. The third kappa shape index (κ3) is 2.60. The van der Waals surface area contributed by atoms with Gasteiger partial charge in [0.1, 0.15) is 16.4 Å². The van der Waals surface area contributed by atoms with E-state index in [9.17, 15) is 9.90 Å². The van der Waals surface area contributed by atoms with Crippen LogP contribution in [0.4, 0.5) is 0 Å². The number of pyridine rings is 1. The molecule has 7 nitrogen and oxygen atoms in total. The molecular weight excluding hydrogens is 306 g/mol. The molecule has 0 amide bonds. The smallest absolute Gasteiger partial charge is 0.261 e. The molecule has 3 rings (SSSR count). The number of halogens is 1. The van der Waals surface area contributed by atoms with Gasteiger partial charge < -0.3 is 5.11 Å². The van der Waals surface area contributed by atoms with E-state index < -0.39 is 6.10 Å². The molecular formula is C14H14ClN5O2. The zero-order valence-corrected chi connectivity index (χ0v) is 12.8. The highest BCUT2D eigenvalue weighted by Crippen LogP contribution is 2.25. The molecule has 0 saturated heterocycles. The number of fused-ring (bicyclic) bond motifs is 1. The predicted molar refractivity (Wildman–Crippen MR) is 82.7 cm³/mol. The van der Waals surface area contributed by atoms with Crippen molar-refractivity contribution < 1.29 is 5.11 Å². The lowest BCUT2D eigenvalue weighted by Crippen LogP contribution is -2.25. The van der Waals surface area contributed by atoms with Crippen molar-refractivity contribution >= 4 is 22.5 Å². The van der Waals surface area contributed by atoms with Gasteiger partial charge in [0.15, 0.2) is 0 Å². The van der Waals surface area contributed by atoms with Crippen LogP contribution in [-0.2, 0) is 13.6 Å². The van der Waals surface area contributed by atoms with Crippen molar-refractivity contribution in [2.45, 2.75) is 19.6 Å². The van der Waals surface area contributed by atoms with Crippen LogP contribution in [0.15, 0.2) is 29.6 Å². The first-order valence-electron chi connectivity index (χ1n) is 6.68. The molecule has 0 saturated carbocycles. The molecule has 3 aromatic heterocycles. The molecule has 0 fully saturated rings. The average Bonchev–Trinajstić information content (AvgIpc) is 2.88. The molecule has 0 aliphatic rings. The number of nitrogens with zero attached hydrogens (tertiary/aromatic N) is 5. The van der Waals surface area contributed by atoms with E-state index in [0.717, 1.165) is 5.56 Å². The van der Waals surface area contributed by atoms with Gasteiger partial charge in [0.25, 0.3) is 5.56 Å². The first-order chi connectivity index (χ1) is 10.5. The van der Waals surface area contributed by atoms with E-state index >= 15 is 0 Å². The Morgan fingerprint density at radius 2 is 2.23 bits per heavy atom. The summed E-state index contributed by atoms with van der Waals surface area (Å²) >= 11 is 6.05. The van der Waals surface area contributed by atoms with Gasteiger partial charge in [-0.25, -0.2) is 9.97 Å². The molecule has 1 N–H and O–H groups in total. The fourth-order valence-electron chi connectivity index (χ4n) is 2.29. The summed E-state index contributed by atoms with van der Waals surface area (Å²) in [7, 11) is 1.79. The van der Waals surface area contributed by atoms with Gasteiger partial charge in [0.05, 0.1) is 30.6 Å². The number of aliphatic hydroxyl groups excluding tert-OH is 1. The molecule has 0 aliphatic carbocycles. The third-order valence-electron chi connectivity index (χ3n) is 3.22. The van der Waals surface area contributed by atoms with Crippen LogP contribution in [-0.4, -0.2) is 35.5 Å². The van der Waals surface area contributed by atoms with E-state index in [4.69, 9.17) is 11.6 Å². The van der Waals surface area contributed by atoms with E-state index in [-0.39, 0.29) is 17.3 Å². The number of aliphatic hydroxyl groups is 1. The summed E-state index contributed by atoms with van der Waals surface area (Å²) in [5.41, 5.74) is 1.44. The normalized spacial score (nSPS) is 12.7. The lowest BCUT2D eigenvalue weighted by molar-refractivity contribution is 0.172. The topological polar surface area (TPSA) is 85.8 Å². The van der Waals surface area contributed by atoms with E-state index in [2.05, 4.69) is 15.1 Å². The molecule has 1 unspecified atom stereocenters. The van der Waals surface area contributed by atoms with Crippen molar-refractivity contribution in [1.82, 2.24) is 24.3 Å². The second-order valence-electron chi connectivity index (χ2n) is 5.14. The van der Waals surface area contributed by atoms with Gasteiger partial charge in [-0.05, 0) is 13.0 Å². The summed E-state index contributed by atoms with van der Waals surface area (Å²) in [6.45, 7) is 1.78. The Labute approximate surface area is 130 Å². The first kappa shape index (κ1) is 14.7. The molecule has 0 aromatic carbocycles. The predicted octanol–water partition coefficient (Wildman–Crippen LogP) is 1.23. The number of hydrogen-bond donors (Lipinski definition) is 1. The highest BCUT2D eigenvalue weighted by molar-refractivity contribution is 6.30. The average molecular weight is 320 g/mol. The largest absolute Gasteiger partial charge is 0.392 e. The standard InChI is InChI=1S/C14H14ClN5O2/c1-8(21)5-20-7-16-13-10(14(20)22)3-11(15)18-12(13)9-4-17-19(2)6-9/h3-4,6-8,21H,5H2,1-2H3. The molecule has 22 heavy (non-hydrogen) atoms. The zero-order valence-electron chi connectivity index (χ0n) is 12.1. The van der Waals surface area contributed by atoms with E-state index in [0.29, 0.717) is 16.6 Å². The van der Waals surface area contributed by atoms with Crippen LogP contribution >= 0.6 is 11.6 Å². The molecule has 1 atom stereocenters. The minimum absolute atomic E-state index is 0.171. The van der Waals surface area contributed by atoms with Crippen molar-refractivity contribution in [3.05, 3.63) is 40.3 Å². The first-order valence-corrected chi connectivity index (χ1v) is 7.06. The number of aryl methyl sites for hydroxylation is 1. The Hall–Kier alpha value is -2.25. The molecule has 0 aliphatic heterocycles. The highest BCUT2D eigenvalue weighted by Gasteiger charge is 2.14. The summed E-state index contributed by atoms with van der Waals surface area (Å²) < 4.78 is 2.99. The molecule has 3 heterocycles. The Balaban J connectivity index is 2.27. The molecule has 8 heteroatoms. The maximum absolute atomic E-state index is 12.5. The summed E-state index contributed by atoms with van der Waals surface area (Å²) in [4.78, 5) is 21.1. The van der Waals surface area contributed by atoms with Gasteiger partial charge in [-0.1, -0.05) is 11.6 Å². The van der Waals surface area contributed by atoms with Gasteiger partial charge in [-0.3, -0.25) is 14.0 Å². The van der Waals surface area contributed by atoms with Gasteiger partial charge in [0, 0.05) is 18.8 Å². The van der Waals surface area contributed by atoms with Crippen LogP contribution in [0, 0.1) is 0 Å². The van der Waals surface area contributed by atoms with Crippen LogP contribution < -0.4 is 5.56 Å². The molecule has 0 bridgehead atoms. The van der Waals surface area contributed by atoms with Crippen LogP contribution in [0.1, 0.15) is 6.92 Å². The second-order valence-corrected chi connectivity index (χ2v) is 5.53. The Morgan fingerprint density at radius 1 is 1.45 bits per heavy atom. The Bertz CT molecular complexity index is 900. The van der Waals surface area contributed by atoms with Gasteiger partial charge in [-0.15, -0.1) is 0 Å². The molecule has 3 aromatic rings. The van der Waals surface area contributed by atoms with Crippen LogP contribution in [0.5, 0.6) is 0 Å². The zero-order chi connectivity index (χ0) is 15.9. The van der Waals surface area contributed by atoms with Gasteiger partial charge in [-0.2, -0.15) is 5.10 Å². The van der Waals surface area contributed by atoms with Crippen molar-refractivity contribution in [2.75, 3.05) is 0 Å². The van der Waals surface area contributed by atoms with Crippen LogP contribution in [0.25, 0.3) is 22.2 Å². The van der Waals surface area contributed by atoms with Crippen molar-refractivity contribution in [2.24, 2.45) is 7.05 Å². The van der Waals surface area contributed by atoms with Crippen LogP contribution in [0.2, 0.25) is 5.15 Å². The highest BCUT2D eigenvalue weighted by atomic mass is 35.5. The Kier molecular flexibility index (Phi) is 3.67. The summed E-state index contributed by atoms with van der Waals surface area (Å²) in [6, 6.07) is 1.49.